The van der Waals surface area contributed by atoms with E-state index in [9.17, 15) is 14.3 Å². The average Bonchev–Trinajstić information content (AvgIpc) is 3.26. The molecule has 0 spiro atoms. The van der Waals surface area contributed by atoms with Crippen LogP contribution in [0, 0.1) is 22.9 Å². The smallest absolute Gasteiger partial charge is 0.303 e. The molecule has 4 rings (SSSR count). The molecule has 2 atom stereocenters. The summed E-state index contributed by atoms with van der Waals surface area (Å²) in [5.41, 5.74) is 2.94. The zero-order valence-corrected chi connectivity index (χ0v) is 22.8. The largest absolute Gasteiger partial charge is 0.497 e. The highest BCUT2D eigenvalue weighted by atomic mass is 19.1. The number of rotatable bonds is 10. The second-order valence-corrected chi connectivity index (χ2v) is 11.0. The number of carboxylic acids is 1. The summed E-state index contributed by atoms with van der Waals surface area (Å²) in [4.78, 5) is 11.2. The molecule has 7 heteroatoms. The lowest BCUT2D eigenvalue weighted by atomic mass is 9.75. The van der Waals surface area contributed by atoms with Crippen molar-refractivity contribution < 1.29 is 32.5 Å². The van der Waals surface area contributed by atoms with E-state index in [0.29, 0.717) is 17.7 Å². The molecule has 0 aliphatic heterocycles. The Hall–Kier alpha value is -3.48. The minimum Gasteiger partial charge on any atom is -0.497 e. The minimum absolute atomic E-state index is 0.00640. The van der Waals surface area contributed by atoms with Crippen LogP contribution in [0.2, 0.25) is 0 Å². The standard InChI is InChI=1S/C32H35F3O4/c1-5-20(14-30(36)37)24-15-21(33)16-29(31(24)35)39-18-19-8-10-23(26-17-22(38-4)9-11-28(26)34)25(13-19)27-7-6-12-32(27,2)3/h8-11,13,15-17,20,27H,5-7,12,14,18H2,1-4H3,(H,36,37)/t20-,27+/m0/s1. The number of methoxy groups -OCH3 is 1. The van der Waals surface area contributed by atoms with Crippen molar-refractivity contribution in [3.05, 3.63) is 82.7 Å². The first-order chi connectivity index (χ1) is 18.5. The summed E-state index contributed by atoms with van der Waals surface area (Å²) in [5, 5.41) is 9.18. The maximum absolute atomic E-state index is 15.3. The van der Waals surface area contributed by atoms with E-state index in [1.165, 1.54) is 6.07 Å². The molecule has 0 amide bonds. The molecule has 39 heavy (non-hydrogen) atoms. The van der Waals surface area contributed by atoms with Crippen molar-refractivity contribution in [2.45, 2.75) is 71.3 Å². The Morgan fingerprint density at radius 2 is 1.85 bits per heavy atom. The fraction of sp³-hybridized carbons (Fsp3) is 0.406. The van der Waals surface area contributed by atoms with E-state index in [2.05, 4.69) is 13.8 Å². The molecule has 0 heterocycles. The number of hydrogen-bond donors (Lipinski definition) is 1. The molecule has 1 aliphatic carbocycles. The highest BCUT2D eigenvalue weighted by Crippen LogP contribution is 2.51. The van der Waals surface area contributed by atoms with E-state index in [1.54, 1.807) is 32.2 Å². The Morgan fingerprint density at radius 1 is 1.08 bits per heavy atom. The highest BCUT2D eigenvalue weighted by Gasteiger charge is 2.37. The van der Waals surface area contributed by atoms with Gasteiger partial charge in [-0.1, -0.05) is 45.4 Å². The van der Waals surface area contributed by atoms with Gasteiger partial charge in [0.1, 0.15) is 24.0 Å². The number of ether oxygens (including phenoxy) is 2. The predicted octanol–water partition coefficient (Wildman–Crippen LogP) is 8.62. The van der Waals surface area contributed by atoms with E-state index < -0.39 is 23.5 Å². The molecule has 1 fully saturated rings. The molecule has 3 aromatic carbocycles. The van der Waals surface area contributed by atoms with Crippen molar-refractivity contribution in [2.75, 3.05) is 7.11 Å². The molecular weight excluding hydrogens is 505 g/mol. The fourth-order valence-corrected chi connectivity index (χ4v) is 5.81. The molecule has 1 N–H and O–H groups in total. The van der Waals surface area contributed by atoms with E-state index in [-0.39, 0.29) is 41.5 Å². The molecule has 208 valence electrons. The van der Waals surface area contributed by atoms with Gasteiger partial charge in [-0.15, -0.1) is 0 Å². The number of benzene rings is 3. The minimum atomic E-state index is -1.08. The van der Waals surface area contributed by atoms with Crippen LogP contribution in [0.3, 0.4) is 0 Å². The SMILES string of the molecule is CC[C@@H](CC(=O)O)c1cc(F)cc(OCc2ccc(-c3cc(OC)ccc3F)c([C@H]3CCCC3(C)C)c2)c1F. The fourth-order valence-electron chi connectivity index (χ4n) is 5.81. The summed E-state index contributed by atoms with van der Waals surface area (Å²) >= 11 is 0. The molecule has 1 aliphatic rings. The molecule has 0 saturated heterocycles. The van der Waals surface area contributed by atoms with Crippen molar-refractivity contribution >= 4 is 5.97 Å². The van der Waals surface area contributed by atoms with Gasteiger partial charge in [-0.2, -0.15) is 0 Å². The highest BCUT2D eigenvalue weighted by molar-refractivity contribution is 5.71. The Bertz CT molecular complexity index is 1350. The van der Waals surface area contributed by atoms with E-state index in [1.807, 2.05) is 12.1 Å². The summed E-state index contributed by atoms with van der Waals surface area (Å²) in [7, 11) is 1.54. The lowest BCUT2D eigenvalue weighted by molar-refractivity contribution is -0.137. The van der Waals surface area contributed by atoms with Gasteiger partial charge in [-0.25, -0.2) is 13.2 Å². The van der Waals surface area contributed by atoms with Crippen LogP contribution in [0.25, 0.3) is 11.1 Å². The zero-order valence-electron chi connectivity index (χ0n) is 22.8. The van der Waals surface area contributed by atoms with Crippen molar-refractivity contribution in [3.8, 4) is 22.6 Å². The van der Waals surface area contributed by atoms with Gasteiger partial charge in [-0.3, -0.25) is 4.79 Å². The van der Waals surface area contributed by atoms with Crippen molar-refractivity contribution in [1.29, 1.82) is 0 Å². The maximum Gasteiger partial charge on any atom is 0.303 e. The molecule has 3 aromatic rings. The van der Waals surface area contributed by atoms with Crippen LogP contribution in [0.4, 0.5) is 13.2 Å². The van der Waals surface area contributed by atoms with Gasteiger partial charge in [0, 0.05) is 11.6 Å². The van der Waals surface area contributed by atoms with Gasteiger partial charge < -0.3 is 14.6 Å². The Kier molecular flexibility index (Phi) is 8.57. The van der Waals surface area contributed by atoms with Crippen LogP contribution >= 0.6 is 0 Å². The van der Waals surface area contributed by atoms with Crippen molar-refractivity contribution in [2.24, 2.45) is 5.41 Å². The van der Waals surface area contributed by atoms with Gasteiger partial charge in [0.2, 0.25) is 0 Å². The van der Waals surface area contributed by atoms with Crippen LogP contribution in [-0.4, -0.2) is 18.2 Å². The third-order valence-corrected chi connectivity index (χ3v) is 7.99. The van der Waals surface area contributed by atoms with E-state index in [4.69, 9.17) is 9.47 Å². The molecule has 0 bridgehead atoms. The molecule has 0 aromatic heterocycles. The first-order valence-corrected chi connectivity index (χ1v) is 13.3. The van der Waals surface area contributed by atoms with Crippen molar-refractivity contribution in [1.82, 2.24) is 0 Å². The van der Waals surface area contributed by atoms with Crippen LogP contribution in [-0.2, 0) is 11.4 Å². The number of carbonyl (C=O) groups is 1. The lowest BCUT2D eigenvalue weighted by Crippen LogP contribution is -2.17. The molecule has 1 saturated carbocycles. The average molecular weight is 541 g/mol. The first-order valence-electron chi connectivity index (χ1n) is 13.3. The van der Waals surface area contributed by atoms with E-state index >= 15 is 8.78 Å². The predicted molar refractivity (Wildman–Crippen MR) is 145 cm³/mol. The number of halogens is 3. The third-order valence-electron chi connectivity index (χ3n) is 7.99. The molecular formula is C32H35F3O4. The van der Waals surface area contributed by atoms with Gasteiger partial charge in [0.05, 0.1) is 13.5 Å². The summed E-state index contributed by atoms with van der Waals surface area (Å²) in [6.07, 6.45) is 3.10. The Balaban J connectivity index is 1.70. The Morgan fingerprint density at radius 3 is 2.49 bits per heavy atom. The molecule has 4 nitrogen and oxygen atoms in total. The van der Waals surface area contributed by atoms with Crippen molar-refractivity contribution in [3.63, 3.8) is 0 Å². The second-order valence-electron chi connectivity index (χ2n) is 11.0. The van der Waals surface area contributed by atoms with Gasteiger partial charge in [0.15, 0.2) is 11.6 Å². The van der Waals surface area contributed by atoms with Crippen LogP contribution in [0.15, 0.2) is 48.5 Å². The number of carboxylic acid groups (broad SMARTS) is 1. The quantitative estimate of drug-likeness (QED) is 0.280. The van der Waals surface area contributed by atoms with Gasteiger partial charge in [-0.05, 0) is 83.0 Å². The van der Waals surface area contributed by atoms with Gasteiger partial charge in [0.25, 0.3) is 0 Å². The molecule has 0 radical (unpaired) electrons. The Labute approximate surface area is 227 Å². The first kappa shape index (κ1) is 28.5. The third kappa shape index (κ3) is 6.23. The monoisotopic (exact) mass is 540 g/mol. The number of hydrogen-bond acceptors (Lipinski definition) is 3. The maximum atomic E-state index is 15.3. The second kappa shape index (κ2) is 11.7. The summed E-state index contributed by atoms with van der Waals surface area (Å²) < 4.78 is 55.9. The van der Waals surface area contributed by atoms with Crippen LogP contribution < -0.4 is 9.47 Å². The molecule has 0 unspecified atom stereocenters. The van der Waals surface area contributed by atoms with E-state index in [0.717, 1.165) is 48.1 Å². The zero-order chi connectivity index (χ0) is 28.3. The van der Waals surface area contributed by atoms with Crippen LogP contribution in [0.5, 0.6) is 11.5 Å². The summed E-state index contributed by atoms with van der Waals surface area (Å²) in [5.74, 6) is -3.08. The van der Waals surface area contributed by atoms with Gasteiger partial charge >= 0.3 is 5.97 Å². The number of aliphatic carboxylic acids is 1. The topological polar surface area (TPSA) is 55.8 Å². The van der Waals surface area contributed by atoms with Crippen LogP contribution in [0.1, 0.15) is 81.4 Å². The summed E-state index contributed by atoms with van der Waals surface area (Å²) in [6, 6.07) is 12.3. The lowest BCUT2D eigenvalue weighted by Gasteiger charge is -2.30. The normalized spacial score (nSPS) is 17.2. The summed E-state index contributed by atoms with van der Waals surface area (Å²) in [6.45, 7) is 6.13.